The van der Waals surface area contributed by atoms with Gasteiger partial charge in [-0.1, -0.05) is 0 Å². The summed E-state index contributed by atoms with van der Waals surface area (Å²) >= 11 is 0. The van der Waals surface area contributed by atoms with Crippen LogP contribution in [0, 0.1) is 18.3 Å². The summed E-state index contributed by atoms with van der Waals surface area (Å²) < 4.78 is 5.05. The molecular formula is C13H11N3O2. The van der Waals surface area contributed by atoms with E-state index >= 15 is 0 Å². The van der Waals surface area contributed by atoms with Gasteiger partial charge in [-0.15, -0.1) is 0 Å². The molecule has 2 rings (SSSR count). The van der Waals surface area contributed by atoms with Crippen LogP contribution in [-0.4, -0.2) is 5.91 Å². The number of nitriles is 1. The van der Waals surface area contributed by atoms with Crippen LogP contribution in [0.25, 0.3) is 0 Å². The quantitative estimate of drug-likeness (QED) is 0.789. The maximum atomic E-state index is 11.9. The van der Waals surface area contributed by atoms with Crippen LogP contribution in [0.5, 0.6) is 0 Å². The van der Waals surface area contributed by atoms with Crippen molar-refractivity contribution in [2.75, 3.05) is 11.1 Å². The zero-order chi connectivity index (χ0) is 13.1. The molecule has 0 saturated heterocycles. The van der Waals surface area contributed by atoms with Crippen LogP contribution in [0.2, 0.25) is 0 Å². The second kappa shape index (κ2) is 4.63. The molecule has 5 nitrogen and oxygen atoms in total. The average molecular weight is 241 g/mol. The third-order valence-corrected chi connectivity index (χ3v) is 2.53. The maximum Gasteiger partial charge on any atom is 0.259 e. The SMILES string of the molecule is Cc1occc1C(=O)Nc1ccc(C#N)cc1N. The third kappa shape index (κ3) is 2.18. The van der Waals surface area contributed by atoms with E-state index in [1.165, 1.54) is 12.3 Å². The summed E-state index contributed by atoms with van der Waals surface area (Å²) in [5.74, 6) is 0.248. The molecule has 0 aliphatic heterocycles. The van der Waals surface area contributed by atoms with Crippen LogP contribution < -0.4 is 11.1 Å². The van der Waals surface area contributed by atoms with Gasteiger partial charge in [-0.2, -0.15) is 5.26 Å². The average Bonchev–Trinajstić information content (AvgIpc) is 2.78. The van der Waals surface area contributed by atoms with E-state index in [4.69, 9.17) is 15.4 Å². The van der Waals surface area contributed by atoms with Crippen molar-refractivity contribution in [3.05, 3.63) is 47.4 Å². The Morgan fingerprint density at radius 2 is 2.22 bits per heavy atom. The highest BCUT2D eigenvalue weighted by molar-refractivity contribution is 6.06. The first-order valence-electron chi connectivity index (χ1n) is 5.27. The molecule has 0 unspecified atom stereocenters. The van der Waals surface area contributed by atoms with Gasteiger partial charge in [-0.05, 0) is 31.2 Å². The Morgan fingerprint density at radius 3 is 2.78 bits per heavy atom. The number of nitrogens with zero attached hydrogens (tertiary/aromatic N) is 1. The second-order valence-corrected chi connectivity index (χ2v) is 3.76. The molecule has 0 aliphatic carbocycles. The van der Waals surface area contributed by atoms with Crippen molar-refractivity contribution < 1.29 is 9.21 Å². The first kappa shape index (κ1) is 11.7. The van der Waals surface area contributed by atoms with Gasteiger partial charge in [-0.25, -0.2) is 0 Å². The van der Waals surface area contributed by atoms with E-state index < -0.39 is 0 Å². The van der Waals surface area contributed by atoms with Crippen molar-refractivity contribution in [2.45, 2.75) is 6.92 Å². The Kier molecular flexibility index (Phi) is 3.02. The second-order valence-electron chi connectivity index (χ2n) is 3.76. The molecule has 1 heterocycles. The lowest BCUT2D eigenvalue weighted by atomic mass is 10.1. The van der Waals surface area contributed by atoms with Gasteiger partial charge in [0, 0.05) is 0 Å². The topological polar surface area (TPSA) is 92.0 Å². The highest BCUT2D eigenvalue weighted by atomic mass is 16.3. The van der Waals surface area contributed by atoms with Crippen LogP contribution in [0.15, 0.2) is 34.9 Å². The van der Waals surface area contributed by atoms with Crippen molar-refractivity contribution in [1.82, 2.24) is 0 Å². The highest BCUT2D eigenvalue weighted by Crippen LogP contribution is 2.21. The minimum atomic E-state index is -0.294. The summed E-state index contributed by atoms with van der Waals surface area (Å²) in [6.07, 6.45) is 1.45. The van der Waals surface area contributed by atoms with Crippen molar-refractivity contribution >= 4 is 17.3 Å². The molecule has 90 valence electrons. The van der Waals surface area contributed by atoms with Crippen LogP contribution in [0.3, 0.4) is 0 Å². The Hall–Kier alpha value is -2.74. The summed E-state index contributed by atoms with van der Waals surface area (Å²) in [4.78, 5) is 11.9. The van der Waals surface area contributed by atoms with Crippen LogP contribution in [-0.2, 0) is 0 Å². The summed E-state index contributed by atoms with van der Waals surface area (Å²) in [7, 11) is 0. The molecule has 0 saturated carbocycles. The van der Waals surface area contributed by atoms with E-state index in [1.807, 2.05) is 6.07 Å². The normalized spacial score (nSPS) is 9.78. The third-order valence-electron chi connectivity index (χ3n) is 2.53. The molecule has 2 aromatic rings. The van der Waals surface area contributed by atoms with E-state index in [0.29, 0.717) is 28.3 Å². The van der Waals surface area contributed by atoms with Crippen molar-refractivity contribution in [2.24, 2.45) is 0 Å². The van der Waals surface area contributed by atoms with E-state index in [0.717, 1.165) is 0 Å². The van der Waals surface area contributed by atoms with Crippen molar-refractivity contribution in [3.63, 3.8) is 0 Å². The summed E-state index contributed by atoms with van der Waals surface area (Å²) in [5, 5.41) is 11.4. The van der Waals surface area contributed by atoms with Gasteiger partial charge in [0.05, 0.1) is 34.8 Å². The summed E-state index contributed by atoms with van der Waals surface area (Å²) in [6, 6.07) is 8.27. The van der Waals surface area contributed by atoms with Crippen LogP contribution in [0.1, 0.15) is 21.7 Å². The molecule has 1 aromatic carbocycles. The molecule has 0 radical (unpaired) electrons. The first-order valence-corrected chi connectivity index (χ1v) is 5.27. The predicted octanol–water partition coefficient (Wildman–Crippen LogP) is 2.29. The Morgan fingerprint density at radius 1 is 1.44 bits per heavy atom. The fourth-order valence-electron chi connectivity index (χ4n) is 1.56. The zero-order valence-corrected chi connectivity index (χ0v) is 9.73. The summed E-state index contributed by atoms with van der Waals surface area (Å²) in [6.45, 7) is 1.71. The maximum absolute atomic E-state index is 11.9. The minimum absolute atomic E-state index is 0.294. The molecule has 0 aliphatic rings. The molecular weight excluding hydrogens is 230 g/mol. The van der Waals surface area contributed by atoms with Gasteiger partial charge in [0.2, 0.25) is 0 Å². The molecule has 18 heavy (non-hydrogen) atoms. The lowest BCUT2D eigenvalue weighted by molar-refractivity contribution is 0.102. The number of carbonyl (C=O) groups excluding carboxylic acids is 1. The number of rotatable bonds is 2. The predicted molar refractivity (Wildman–Crippen MR) is 67.0 cm³/mol. The van der Waals surface area contributed by atoms with E-state index in [1.54, 1.807) is 25.1 Å². The Labute approximate surface area is 104 Å². The molecule has 5 heteroatoms. The van der Waals surface area contributed by atoms with Crippen molar-refractivity contribution in [1.29, 1.82) is 5.26 Å². The van der Waals surface area contributed by atoms with Crippen LogP contribution in [0.4, 0.5) is 11.4 Å². The number of anilines is 2. The molecule has 1 amide bonds. The van der Waals surface area contributed by atoms with Gasteiger partial charge in [0.1, 0.15) is 5.76 Å². The first-order chi connectivity index (χ1) is 8.61. The number of nitrogens with one attached hydrogen (secondary N) is 1. The number of carbonyl (C=O) groups is 1. The zero-order valence-electron chi connectivity index (χ0n) is 9.73. The van der Waals surface area contributed by atoms with Gasteiger partial charge < -0.3 is 15.5 Å². The largest absolute Gasteiger partial charge is 0.469 e. The van der Waals surface area contributed by atoms with Crippen molar-refractivity contribution in [3.8, 4) is 6.07 Å². The van der Waals surface area contributed by atoms with E-state index in [9.17, 15) is 4.79 Å². The van der Waals surface area contributed by atoms with Crippen LogP contribution >= 0.6 is 0 Å². The number of benzene rings is 1. The lowest BCUT2D eigenvalue weighted by Crippen LogP contribution is -2.13. The number of hydrogen-bond acceptors (Lipinski definition) is 4. The van der Waals surface area contributed by atoms with E-state index in [-0.39, 0.29) is 5.91 Å². The molecule has 0 fully saturated rings. The monoisotopic (exact) mass is 241 g/mol. The van der Waals surface area contributed by atoms with Gasteiger partial charge in [0.25, 0.3) is 5.91 Å². The number of amides is 1. The Bertz CT molecular complexity index is 638. The molecule has 0 bridgehead atoms. The molecule has 3 N–H and O–H groups in total. The minimum Gasteiger partial charge on any atom is -0.469 e. The molecule has 0 spiro atoms. The Balaban J connectivity index is 2.23. The smallest absolute Gasteiger partial charge is 0.259 e. The molecule has 0 atom stereocenters. The number of aryl methyl sites for hydroxylation is 1. The standard InChI is InChI=1S/C13H11N3O2/c1-8-10(4-5-18-8)13(17)16-12-3-2-9(7-14)6-11(12)15/h2-6H,15H2,1H3,(H,16,17). The lowest BCUT2D eigenvalue weighted by Gasteiger charge is -2.07. The van der Waals surface area contributed by atoms with Gasteiger partial charge in [-0.3, -0.25) is 4.79 Å². The fourth-order valence-corrected chi connectivity index (χ4v) is 1.56. The fraction of sp³-hybridized carbons (Fsp3) is 0.0769. The number of furan rings is 1. The van der Waals surface area contributed by atoms with Gasteiger partial charge >= 0.3 is 0 Å². The number of hydrogen-bond donors (Lipinski definition) is 2. The highest BCUT2D eigenvalue weighted by Gasteiger charge is 2.12. The number of nitrogen functional groups attached to an aromatic ring is 1. The molecule has 1 aromatic heterocycles. The van der Waals surface area contributed by atoms with E-state index in [2.05, 4.69) is 5.32 Å². The number of nitrogens with two attached hydrogens (primary N) is 1. The summed E-state index contributed by atoms with van der Waals surface area (Å²) in [5.41, 5.74) is 7.48. The van der Waals surface area contributed by atoms with Gasteiger partial charge in [0.15, 0.2) is 0 Å².